The van der Waals surface area contributed by atoms with Crippen molar-refractivity contribution < 1.29 is 24.2 Å². The SMILES string of the molecule is CC(C)(C)c1cc2c([c-]c1-c1ccccc1)Cc1cc(-c3ccccc3)c(C(C)(C)C)cc1-2.Cl.Cl.ClC(Cl)(Cl)c1cccc([C](=[Zr+2])c2cccc(C(Cl)(Cl)Cl)c2)c1.[C-]1=CC=CC1. The third kappa shape index (κ3) is 13.2. The van der Waals surface area contributed by atoms with Crippen LogP contribution in [-0.2, 0) is 49.1 Å². The number of alkyl halides is 6. The van der Waals surface area contributed by atoms with Crippen molar-refractivity contribution in [3.63, 3.8) is 0 Å². The average Bonchev–Trinajstić information content (AvgIpc) is 3.91. The fraction of sp³-hybridized carbons (Fsp3) is 0.226. The first-order valence-electron chi connectivity index (χ1n) is 19.8. The maximum Gasteiger partial charge on any atom is -0.109 e. The van der Waals surface area contributed by atoms with E-state index in [-0.39, 0.29) is 35.6 Å². The van der Waals surface area contributed by atoms with Gasteiger partial charge in [-0.25, -0.2) is 12.2 Å². The Morgan fingerprint density at radius 3 is 1.48 bits per heavy atom. The van der Waals surface area contributed by atoms with Crippen LogP contribution in [0.25, 0.3) is 33.4 Å². The molecule has 6 aromatic carbocycles. The molecule has 0 radical (unpaired) electrons. The summed E-state index contributed by atoms with van der Waals surface area (Å²) in [6.07, 6.45) is 10.9. The van der Waals surface area contributed by atoms with Crippen LogP contribution in [0, 0.1) is 12.1 Å². The molecule has 0 aliphatic heterocycles. The molecule has 0 spiro atoms. The molecule has 0 unspecified atom stereocenters. The molecule has 8 rings (SSSR count). The van der Waals surface area contributed by atoms with E-state index in [1.165, 1.54) is 79.9 Å². The van der Waals surface area contributed by atoms with Gasteiger partial charge in [0, 0.05) is 0 Å². The summed E-state index contributed by atoms with van der Waals surface area (Å²) in [6.45, 7) is 13.9. The fourth-order valence-corrected chi connectivity index (χ4v) is 8.78. The van der Waals surface area contributed by atoms with E-state index in [2.05, 4.69) is 139 Å². The molecule has 2 aliphatic rings. The first-order chi connectivity index (χ1) is 28.2. The Labute approximate surface area is 426 Å². The first-order valence-corrected chi connectivity index (χ1v) is 23.3. The van der Waals surface area contributed by atoms with E-state index in [1.807, 2.05) is 48.6 Å². The molecule has 9 heteroatoms. The molecule has 0 nitrogen and oxygen atoms in total. The van der Waals surface area contributed by atoms with Gasteiger partial charge in [-0.3, -0.25) is 6.08 Å². The Morgan fingerprint density at radius 1 is 0.548 bits per heavy atom. The van der Waals surface area contributed by atoms with Crippen molar-refractivity contribution in [3.8, 4) is 33.4 Å². The minimum absolute atomic E-state index is 0. The summed E-state index contributed by atoms with van der Waals surface area (Å²) in [6, 6.07) is 47.7. The van der Waals surface area contributed by atoms with Gasteiger partial charge in [-0.05, 0) is 39.5 Å². The van der Waals surface area contributed by atoms with Crippen LogP contribution >= 0.6 is 94.4 Å². The molecule has 320 valence electrons. The van der Waals surface area contributed by atoms with Gasteiger partial charge in [0.15, 0.2) is 0 Å². The van der Waals surface area contributed by atoms with Gasteiger partial charge in [0.2, 0.25) is 0 Å². The zero-order valence-corrected chi connectivity index (χ0v) is 44.0. The molecule has 2 aliphatic carbocycles. The Kier molecular flexibility index (Phi) is 18.5. The van der Waals surface area contributed by atoms with Crippen molar-refractivity contribution >= 4 is 97.6 Å². The van der Waals surface area contributed by atoms with Crippen molar-refractivity contribution in [1.82, 2.24) is 0 Å². The van der Waals surface area contributed by atoms with Gasteiger partial charge in [0.05, 0.1) is 0 Å². The van der Waals surface area contributed by atoms with Crippen LogP contribution < -0.4 is 0 Å². The third-order valence-electron chi connectivity index (χ3n) is 10.4. The predicted molar refractivity (Wildman–Crippen MR) is 272 cm³/mol. The molecule has 6 aromatic rings. The molecular formula is C53H48Cl8Zr. The molecule has 0 bridgehead atoms. The largest absolute Gasteiger partial charge is 0.273 e. The summed E-state index contributed by atoms with van der Waals surface area (Å²) in [4.78, 5) is 0. The number of hydrogen-bond donors (Lipinski definition) is 0. The number of benzene rings is 6. The summed E-state index contributed by atoms with van der Waals surface area (Å²) >= 11 is 36.9. The predicted octanol–water partition coefficient (Wildman–Crippen LogP) is 17.6. The zero-order valence-electron chi connectivity index (χ0n) is 35.4. The Hall–Kier alpha value is -2.13. The third-order valence-corrected chi connectivity index (χ3v) is 13.1. The molecule has 0 heterocycles. The molecule has 0 amide bonds. The summed E-state index contributed by atoms with van der Waals surface area (Å²) in [7, 11) is 0. The van der Waals surface area contributed by atoms with E-state index in [1.54, 1.807) is 12.1 Å². The molecular weight excluding hydrogens is 1010 g/mol. The van der Waals surface area contributed by atoms with E-state index in [9.17, 15) is 0 Å². The smallest absolute Gasteiger partial charge is 0.109 e. The summed E-state index contributed by atoms with van der Waals surface area (Å²) in [5.74, 6) is 0. The second-order valence-corrected chi connectivity index (χ2v) is 22.7. The van der Waals surface area contributed by atoms with Crippen molar-refractivity contribution in [2.45, 2.75) is 72.8 Å². The minimum Gasteiger partial charge on any atom is -0.273 e. The summed E-state index contributed by atoms with van der Waals surface area (Å²) in [5.41, 5.74) is 16.7. The quantitative estimate of drug-likeness (QED) is 0.122. The number of halogens is 8. The van der Waals surface area contributed by atoms with E-state index >= 15 is 0 Å². The van der Waals surface area contributed by atoms with Crippen LogP contribution in [0.2, 0.25) is 0 Å². The number of rotatable bonds is 4. The van der Waals surface area contributed by atoms with Gasteiger partial charge in [0.1, 0.15) is 0 Å². The van der Waals surface area contributed by atoms with Gasteiger partial charge < -0.3 is 0 Å². The van der Waals surface area contributed by atoms with Crippen LogP contribution in [-0.4, -0.2) is 3.21 Å². The topological polar surface area (TPSA) is 0 Å². The van der Waals surface area contributed by atoms with Gasteiger partial charge in [-0.2, -0.15) is 6.08 Å². The Balaban J connectivity index is 0.000000252. The van der Waals surface area contributed by atoms with Crippen LogP contribution in [0.15, 0.2) is 146 Å². The van der Waals surface area contributed by atoms with Crippen molar-refractivity contribution in [2.24, 2.45) is 0 Å². The second-order valence-electron chi connectivity index (χ2n) is 16.9. The summed E-state index contributed by atoms with van der Waals surface area (Å²) in [5, 5.41) is 0. The van der Waals surface area contributed by atoms with E-state index in [0.717, 1.165) is 27.2 Å². The maximum absolute atomic E-state index is 5.94. The monoisotopic (exact) mass is 1050 g/mol. The van der Waals surface area contributed by atoms with Gasteiger partial charge in [-0.1, -0.05) is 131 Å². The van der Waals surface area contributed by atoms with Gasteiger partial charge >= 0.3 is 175 Å². The molecule has 0 N–H and O–H groups in total. The summed E-state index contributed by atoms with van der Waals surface area (Å²) < 4.78 is -1.82. The average molecular weight is 1060 g/mol. The van der Waals surface area contributed by atoms with E-state index in [4.69, 9.17) is 69.6 Å². The molecule has 0 saturated carbocycles. The van der Waals surface area contributed by atoms with Crippen molar-refractivity contribution in [1.29, 1.82) is 0 Å². The van der Waals surface area contributed by atoms with Crippen LogP contribution in [0.3, 0.4) is 0 Å². The van der Waals surface area contributed by atoms with Gasteiger partial charge in [-0.15, -0.1) is 60.1 Å². The standard InChI is InChI=1S/C33H33.C15H8Cl6.C5H5.2ClH.Zr/c1-32(2,3)30-20-26-24(18-28(30)22-13-9-7-10-14-22)17-25-19-29(23-15-11-8-12-16-23)31(21-27(25)26)33(4,5)6;16-14(17,18)12-5-1-3-10(8-12)7-11-4-2-6-13(9-11)15(19,20)21;1-2-4-5-3-1;;;/h7-16,18,20-21H,17H2,1-6H3;1-6,8-9H;1-3H,4H2;2*1H;/q-1;;-1;;;+2. The van der Waals surface area contributed by atoms with Crippen LogP contribution in [0.1, 0.15) is 92.5 Å². The number of fused-ring (bicyclic) bond motifs is 3. The number of hydrogen-bond acceptors (Lipinski definition) is 0. The Morgan fingerprint density at radius 2 is 1.05 bits per heavy atom. The fourth-order valence-electron chi connectivity index (χ4n) is 7.31. The molecule has 62 heavy (non-hydrogen) atoms. The van der Waals surface area contributed by atoms with E-state index < -0.39 is 7.59 Å². The normalized spacial score (nSPS) is 12.7. The molecule has 0 fully saturated rings. The van der Waals surface area contributed by atoms with Crippen LogP contribution in [0.5, 0.6) is 0 Å². The number of allylic oxidation sites excluding steroid dienone is 4. The minimum atomic E-state index is -1.45. The maximum atomic E-state index is 5.94. The molecule has 0 saturated heterocycles. The first kappa shape index (κ1) is 52.5. The Bertz CT molecular complexity index is 2360. The van der Waals surface area contributed by atoms with Crippen molar-refractivity contribution in [2.75, 3.05) is 0 Å². The van der Waals surface area contributed by atoms with Gasteiger partial charge in [0.25, 0.3) is 0 Å². The second kappa shape index (κ2) is 21.9. The van der Waals surface area contributed by atoms with E-state index in [0.29, 0.717) is 11.1 Å². The molecule has 0 atom stereocenters. The molecule has 0 aromatic heterocycles. The van der Waals surface area contributed by atoms with Crippen molar-refractivity contribution in [3.05, 3.63) is 202 Å². The zero-order chi connectivity index (χ0) is 43.5. The van der Waals surface area contributed by atoms with Crippen LogP contribution in [0.4, 0.5) is 0 Å².